The summed E-state index contributed by atoms with van der Waals surface area (Å²) >= 11 is 5.90. The lowest BCUT2D eigenvalue weighted by atomic mass is 9.97. The summed E-state index contributed by atoms with van der Waals surface area (Å²) in [5, 5.41) is 12.3. The Labute approximate surface area is 183 Å². The van der Waals surface area contributed by atoms with Crippen molar-refractivity contribution in [3.63, 3.8) is 0 Å². The lowest BCUT2D eigenvalue weighted by Gasteiger charge is -2.32. The van der Waals surface area contributed by atoms with Gasteiger partial charge in [0.1, 0.15) is 23.4 Å². The number of anilines is 1. The van der Waals surface area contributed by atoms with Crippen LogP contribution >= 0.6 is 11.6 Å². The molecule has 1 N–H and O–H groups in total. The average molecular weight is 444 g/mol. The highest BCUT2D eigenvalue weighted by Gasteiger charge is 2.28. The minimum atomic E-state index is -0.683. The number of ether oxygens (including phenoxy) is 2. The van der Waals surface area contributed by atoms with Gasteiger partial charge in [0.05, 0.1) is 23.4 Å². The van der Waals surface area contributed by atoms with Crippen molar-refractivity contribution in [2.75, 3.05) is 31.6 Å². The van der Waals surface area contributed by atoms with Crippen LogP contribution in [0.15, 0.2) is 30.3 Å². The monoisotopic (exact) mass is 443 g/mol. The normalized spacial score (nSPS) is 16.0. The molecule has 2 amide bonds. The SMILES string of the molecule is N#Cc1cc(Cl)ccc1OCC1CCN(C(=O)c2cc3c(cc2F)OCC(=O)N3)CC1. The zero-order valence-electron chi connectivity index (χ0n) is 16.5. The van der Waals surface area contributed by atoms with Gasteiger partial charge in [0.15, 0.2) is 6.61 Å². The van der Waals surface area contributed by atoms with Crippen LogP contribution in [0, 0.1) is 23.1 Å². The highest BCUT2D eigenvalue weighted by molar-refractivity contribution is 6.30. The van der Waals surface area contributed by atoms with Gasteiger partial charge >= 0.3 is 0 Å². The molecule has 1 saturated heterocycles. The molecular weight excluding hydrogens is 425 g/mol. The quantitative estimate of drug-likeness (QED) is 0.779. The lowest BCUT2D eigenvalue weighted by molar-refractivity contribution is -0.118. The van der Waals surface area contributed by atoms with Crippen molar-refractivity contribution in [2.45, 2.75) is 12.8 Å². The summed E-state index contributed by atoms with van der Waals surface area (Å²) in [6.07, 6.45) is 1.38. The first kappa shape index (κ1) is 20.9. The number of hydrogen-bond donors (Lipinski definition) is 1. The first-order chi connectivity index (χ1) is 14.9. The maximum Gasteiger partial charge on any atom is 0.262 e. The predicted octanol–water partition coefficient (Wildman–Crippen LogP) is 3.61. The first-order valence-electron chi connectivity index (χ1n) is 9.82. The topological polar surface area (TPSA) is 91.7 Å². The fourth-order valence-corrected chi connectivity index (χ4v) is 3.83. The van der Waals surface area contributed by atoms with Gasteiger partial charge in [-0.15, -0.1) is 0 Å². The molecule has 2 aliphatic rings. The molecule has 9 heteroatoms. The van der Waals surface area contributed by atoms with Crippen LogP contribution in [0.4, 0.5) is 10.1 Å². The fraction of sp³-hybridized carbons (Fsp3) is 0.318. The third-order valence-electron chi connectivity index (χ3n) is 5.37. The zero-order valence-corrected chi connectivity index (χ0v) is 17.2. The molecule has 7 nitrogen and oxygen atoms in total. The molecule has 0 unspecified atom stereocenters. The number of nitrogens with one attached hydrogen (secondary N) is 1. The highest BCUT2D eigenvalue weighted by atomic mass is 35.5. The number of nitrogens with zero attached hydrogens (tertiary/aromatic N) is 2. The summed E-state index contributed by atoms with van der Waals surface area (Å²) in [5.74, 6) is -0.568. The van der Waals surface area contributed by atoms with E-state index in [1.54, 1.807) is 23.1 Å². The molecule has 1 fully saturated rings. The molecule has 0 aliphatic carbocycles. The van der Waals surface area contributed by atoms with E-state index in [1.807, 2.05) is 0 Å². The molecule has 31 heavy (non-hydrogen) atoms. The van der Waals surface area contributed by atoms with Crippen LogP contribution in [0.5, 0.6) is 11.5 Å². The van der Waals surface area contributed by atoms with Crippen molar-refractivity contribution in [3.8, 4) is 17.6 Å². The molecule has 2 aromatic rings. The minimum Gasteiger partial charge on any atom is -0.492 e. The molecule has 0 bridgehead atoms. The van der Waals surface area contributed by atoms with Crippen molar-refractivity contribution in [1.29, 1.82) is 5.26 Å². The van der Waals surface area contributed by atoms with Crippen molar-refractivity contribution >= 4 is 29.1 Å². The van der Waals surface area contributed by atoms with Crippen LogP contribution < -0.4 is 14.8 Å². The van der Waals surface area contributed by atoms with Gasteiger partial charge < -0.3 is 19.7 Å². The Morgan fingerprint density at radius 1 is 1.32 bits per heavy atom. The van der Waals surface area contributed by atoms with E-state index >= 15 is 0 Å². The number of carbonyl (C=O) groups excluding carboxylic acids is 2. The molecule has 160 valence electrons. The predicted molar refractivity (Wildman–Crippen MR) is 111 cm³/mol. The number of carbonyl (C=O) groups is 2. The molecule has 0 radical (unpaired) electrons. The van der Waals surface area contributed by atoms with Gasteiger partial charge in [-0.25, -0.2) is 4.39 Å². The second kappa shape index (κ2) is 8.82. The number of benzene rings is 2. The third-order valence-corrected chi connectivity index (χ3v) is 5.61. The summed E-state index contributed by atoms with van der Waals surface area (Å²) < 4.78 is 25.4. The Balaban J connectivity index is 1.36. The largest absolute Gasteiger partial charge is 0.492 e. The number of likely N-dealkylation sites (tertiary alicyclic amines) is 1. The van der Waals surface area contributed by atoms with Crippen LogP contribution in [0.2, 0.25) is 5.02 Å². The van der Waals surface area contributed by atoms with Crippen molar-refractivity contribution in [1.82, 2.24) is 4.90 Å². The standard InChI is InChI=1S/C22H19ClFN3O4/c23-15-1-2-19(14(7-15)10-25)30-11-13-3-5-27(6-4-13)22(29)16-8-18-20(9-17(16)24)31-12-21(28)26-18/h1-2,7-9,13H,3-6,11-12H2,(H,26,28). The summed E-state index contributed by atoms with van der Waals surface area (Å²) in [4.78, 5) is 25.9. The number of piperidine rings is 1. The Kier molecular flexibility index (Phi) is 5.96. The summed E-state index contributed by atoms with van der Waals surface area (Å²) in [6.45, 7) is 1.14. The van der Waals surface area contributed by atoms with E-state index < -0.39 is 11.7 Å². The van der Waals surface area contributed by atoms with Crippen molar-refractivity contribution < 1.29 is 23.5 Å². The molecule has 0 spiro atoms. The summed E-state index contributed by atoms with van der Waals surface area (Å²) in [5.41, 5.74) is 0.568. The molecule has 2 aromatic carbocycles. The molecule has 2 heterocycles. The van der Waals surface area contributed by atoms with Crippen LogP contribution in [-0.2, 0) is 4.79 Å². The van der Waals surface area contributed by atoms with E-state index in [0.717, 1.165) is 6.07 Å². The average Bonchev–Trinajstić information content (AvgIpc) is 2.78. The van der Waals surface area contributed by atoms with Crippen LogP contribution in [0.25, 0.3) is 0 Å². The third kappa shape index (κ3) is 4.57. The van der Waals surface area contributed by atoms with Crippen LogP contribution in [0.3, 0.4) is 0 Å². The maximum absolute atomic E-state index is 14.5. The number of nitriles is 1. The van der Waals surface area contributed by atoms with Crippen molar-refractivity contribution in [2.24, 2.45) is 5.92 Å². The van der Waals surface area contributed by atoms with E-state index in [2.05, 4.69) is 11.4 Å². The fourth-order valence-electron chi connectivity index (χ4n) is 3.66. The molecule has 0 aromatic heterocycles. The van der Waals surface area contributed by atoms with Gasteiger partial charge in [-0.3, -0.25) is 9.59 Å². The Morgan fingerprint density at radius 3 is 2.84 bits per heavy atom. The smallest absolute Gasteiger partial charge is 0.262 e. The first-order valence-corrected chi connectivity index (χ1v) is 10.2. The number of fused-ring (bicyclic) bond motifs is 1. The van der Waals surface area contributed by atoms with E-state index in [4.69, 9.17) is 21.1 Å². The maximum atomic E-state index is 14.5. The summed E-state index contributed by atoms with van der Waals surface area (Å²) in [7, 11) is 0. The highest BCUT2D eigenvalue weighted by Crippen LogP contribution is 2.32. The number of hydrogen-bond acceptors (Lipinski definition) is 5. The molecule has 4 rings (SSSR count). The zero-order chi connectivity index (χ0) is 22.0. The number of rotatable bonds is 4. The van der Waals surface area contributed by atoms with Gasteiger partial charge in [0, 0.05) is 24.2 Å². The van der Waals surface area contributed by atoms with Gasteiger partial charge in [-0.05, 0) is 43.0 Å². The lowest BCUT2D eigenvalue weighted by Crippen LogP contribution is -2.40. The van der Waals surface area contributed by atoms with Gasteiger partial charge in [-0.1, -0.05) is 11.6 Å². The summed E-state index contributed by atoms with van der Waals surface area (Å²) in [6, 6.07) is 9.40. The number of amides is 2. The van der Waals surface area contributed by atoms with Crippen molar-refractivity contribution in [3.05, 3.63) is 52.3 Å². The molecule has 0 saturated carbocycles. The van der Waals surface area contributed by atoms with Gasteiger partial charge in [-0.2, -0.15) is 5.26 Å². The Morgan fingerprint density at radius 2 is 2.10 bits per heavy atom. The second-order valence-electron chi connectivity index (χ2n) is 7.46. The van der Waals surface area contributed by atoms with E-state index in [1.165, 1.54) is 6.07 Å². The second-order valence-corrected chi connectivity index (χ2v) is 7.90. The Bertz CT molecular complexity index is 1080. The van der Waals surface area contributed by atoms with Crippen LogP contribution in [-0.4, -0.2) is 43.0 Å². The molecular formula is C22H19ClFN3O4. The van der Waals surface area contributed by atoms with E-state index in [0.29, 0.717) is 54.6 Å². The molecule has 2 aliphatic heterocycles. The molecule has 0 atom stereocenters. The van der Waals surface area contributed by atoms with Gasteiger partial charge in [0.2, 0.25) is 0 Å². The van der Waals surface area contributed by atoms with Crippen LogP contribution in [0.1, 0.15) is 28.8 Å². The minimum absolute atomic E-state index is 0.0981. The Hall–Kier alpha value is -3.31. The van der Waals surface area contributed by atoms with E-state index in [-0.39, 0.29) is 29.7 Å². The number of halogens is 2. The van der Waals surface area contributed by atoms with E-state index in [9.17, 15) is 19.2 Å². The van der Waals surface area contributed by atoms with Gasteiger partial charge in [0.25, 0.3) is 11.8 Å².